The van der Waals surface area contributed by atoms with Gasteiger partial charge >= 0.3 is 0 Å². The molecule has 0 unspecified atom stereocenters. The van der Waals surface area contributed by atoms with E-state index in [4.69, 9.17) is 5.73 Å². The highest BCUT2D eigenvalue weighted by Crippen LogP contribution is 1.97. The Labute approximate surface area is 77.9 Å². The summed E-state index contributed by atoms with van der Waals surface area (Å²) in [6, 6.07) is 9.61. The molecule has 0 fully saturated rings. The van der Waals surface area contributed by atoms with Crippen LogP contribution in [0.5, 0.6) is 0 Å². The first-order valence-corrected chi connectivity index (χ1v) is 4.27. The molecule has 0 aliphatic heterocycles. The van der Waals surface area contributed by atoms with E-state index in [-0.39, 0.29) is 11.9 Å². The molecule has 3 N–H and O–H groups in total. The number of hydrogen-bond donors (Lipinski definition) is 2. The zero-order valence-electron chi connectivity index (χ0n) is 7.66. The van der Waals surface area contributed by atoms with Gasteiger partial charge in [-0.3, -0.25) is 4.79 Å². The molecule has 0 saturated heterocycles. The minimum absolute atomic E-state index is 0.278. The Kier molecular flexibility index (Phi) is 3.46. The summed E-state index contributed by atoms with van der Waals surface area (Å²) in [6.07, 6.45) is 0. The van der Waals surface area contributed by atoms with Crippen molar-refractivity contribution in [1.29, 1.82) is 0 Å². The van der Waals surface area contributed by atoms with Crippen LogP contribution in [0, 0.1) is 0 Å². The van der Waals surface area contributed by atoms with Crippen molar-refractivity contribution in [2.75, 3.05) is 0 Å². The van der Waals surface area contributed by atoms with E-state index in [9.17, 15) is 4.79 Å². The molecule has 1 aromatic carbocycles. The van der Waals surface area contributed by atoms with Crippen LogP contribution in [0.25, 0.3) is 0 Å². The average Bonchev–Trinajstić information content (AvgIpc) is 2.15. The maximum Gasteiger partial charge on any atom is 0.234 e. The van der Waals surface area contributed by atoms with E-state index in [1.165, 1.54) is 0 Å². The second-order valence-corrected chi connectivity index (χ2v) is 2.99. The van der Waals surface area contributed by atoms with E-state index >= 15 is 0 Å². The van der Waals surface area contributed by atoms with E-state index in [2.05, 4.69) is 5.32 Å². The standard InChI is InChI=1S/C10H14N2O/c1-8(10(11)13)12-7-9-5-3-2-4-6-9/h2-6,8,12H,7H2,1H3,(H2,11,13)/t8-/m0/s1. The number of carbonyl (C=O) groups is 1. The molecule has 0 radical (unpaired) electrons. The molecule has 0 bridgehead atoms. The lowest BCUT2D eigenvalue weighted by atomic mass is 10.2. The molecule has 1 rings (SSSR count). The number of primary amides is 1. The van der Waals surface area contributed by atoms with Crippen LogP contribution in [-0.2, 0) is 11.3 Å². The van der Waals surface area contributed by atoms with Crippen molar-refractivity contribution in [3.63, 3.8) is 0 Å². The summed E-state index contributed by atoms with van der Waals surface area (Å²) in [5, 5.41) is 3.02. The van der Waals surface area contributed by atoms with E-state index in [0.29, 0.717) is 6.54 Å². The number of amides is 1. The number of hydrogen-bond acceptors (Lipinski definition) is 2. The molecule has 0 saturated carbocycles. The summed E-state index contributed by atoms with van der Waals surface area (Å²) >= 11 is 0. The van der Waals surface area contributed by atoms with Gasteiger partial charge in [-0.2, -0.15) is 0 Å². The lowest BCUT2D eigenvalue weighted by molar-refractivity contribution is -0.119. The summed E-state index contributed by atoms with van der Waals surface area (Å²) in [5.74, 6) is -0.323. The Hall–Kier alpha value is -1.35. The first-order valence-electron chi connectivity index (χ1n) is 4.27. The van der Waals surface area contributed by atoms with Crippen molar-refractivity contribution in [1.82, 2.24) is 5.32 Å². The monoisotopic (exact) mass is 178 g/mol. The molecule has 3 nitrogen and oxygen atoms in total. The van der Waals surface area contributed by atoms with Gasteiger partial charge in [0.05, 0.1) is 6.04 Å². The molecule has 3 heteroatoms. The smallest absolute Gasteiger partial charge is 0.234 e. The van der Waals surface area contributed by atoms with Gasteiger partial charge in [0.25, 0.3) is 0 Å². The zero-order chi connectivity index (χ0) is 9.68. The Morgan fingerprint density at radius 1 is 1.46 bits per heavy atom. The van der Waals surface area contributed by atoms with Crippen LogP contribution in [-0.4, -0.2) is 11.9 Å². The maximum absolute atomic E-state index is 10.7. The minimum Gasteiger partial charge on any atom is -0.368 e. The highest BCUT2D eigenvalue weighted by molar-refractivity contribution is 5.79. The van der Waals surface area contributed by atoms with Gasteiger partial charge in [0, 0.05) is 6.54 Å². The van der Waals surface area contributed by atoms with E-state index in [1.54, 1.807) is 6.92 Å². The Bertz CT molecular complexity index is 272. The fraction of sp³-hybridized carbons (Fsp3) is 0.300. The van der Waals surface area contributed by atoms with Crippen molar-refractivity contribution in [2.45, 2.75) is 19.5 Å². The summed E-state index contributed by atoms with van der Waals surface area (Å²) in [6.45, 7) is 2.43. The second-order valence-electron chi connectivity index (χ2n) is 2.99. The normalized spacial score (nSPS) is 12.4. The maximum atomic E-state index is 10.7. The summed E-state index contributed by atoms with van der Waals surface area (Å²) < 4.78 is 0. The number of nitrogens with one attached hydrogen (secondary N) is 1. The predicted octanol–water partition coefficient (Wildman–Crippen LogP) is 0.650. The molecule has 0 aliphatic rings. The first kappa shape index (κ1) is 9.74. The molecule has 0 spiro atoms. The van der Waals surface area contributed by atoms with Crippen molar-refractivity contribution in [3.8, 4) is 0 Å². The molecule has 1 aromatic rings. The highest BCUT2D eigenvalue weighted by atomic mass is 16.1. The predicted molar refractivity (Wildman–Crippen MR) is 51.9 cm³/mol. The van der Waals surface area contributed by atoms with Crippen LogP contribution in [0.15, 0.2) is 30.3 Å². The minimum atomic E-state index is -0.323. The lowest BCUT2D eigenvalue weighted by Gasteiger charge is -2.09. The highest BCUT2D eigenvalue weighted by Gasteiger charge is 2.06. The van der Waals surface area contributed by atoms with Crippen molar-refractivity contribution >= 4 is 5.91 Å². The Balaban J connectivity index is 2.39. The van der Waals surface area contributed by atoms with Crippen LogP contribution >= 0.6 is 0 Å². The fourth-order valence-corrected chi connectivity index (χ4v) is 0.967. The van der Waals surface area contributed by atoms with Crippen LogP contribution < -0.4 is 11.1 Å². The second kappa shape index (κ2) is 4.62. The molecule has 13 heavy (non-hydrogen) atoms. The van der Waals surface area contributed by atoms with Gasteiger partial charge in [-0.1, -0.05) is 30.3 Å². The van der Waals surface area contributed by atoms with Gasteiger partial charge in [0.1, 0.15) is 0 Å². The molecule has 0 heterocycles. The molecule has 1 amide bonds. The molecule has 0 aliphatic carbocycles. The van der Waals surface area contributed by atoms with Gasteiger partial charge < -0.3 is 11.1 Å². The van der Waals surface area contributed by atoms with Crippen molar-refractivity contribution in [3.05, 3.63) is 35.9 Å². The average molecular weight is 178 g/mol. The molecule has 70 valence electrons. The number of benzene rings is 1. The lowest BCUT2D eigenvalue weighted by Crippen LogP contribution is -2.38. The summed E-state index contributed by atoms with van der Waals surface area (Å²) in [4.78, 5) is 10.7. The van der Waals surface area contributed by atoms with Crippen molar-refractivity contribution < 1.29 is 4.79 Å². The fourth-order valence-electron chi connectivity index (χ4n) is 0.967. The number of nitrogens with two attached hydrogens (primary N) is 1. The number of rotatable bonds is 4. The molecular weight excluding hydrogens is 164 g/mol. The Morgan fingerprint density at radius 2 is 2.08 bits per heavy atom. The van der Waals surface area contributed by atoms with Gasteiger partial charge in [-0.15, -0.1) is 0 Å². The van der Waals surface area contributed by atoms with Crippen molar-refractivity contribution in [2.24, 2.45) is 5.73 Å². The third kappa shape index (κ3) is 3.25. The SMILES string of the molecule is C[C@H](NCc1ccccc1)C(N)=O. The van der Waals surface area contributed by atoms with E-state index in [0.717, 1.165) is 5.56 Å². The van der Waals surface area contributed by atoms with Crippen LogP contribution in [0.1, 0.15) is 12.5 Å². The summed E-state index contributed by atoms with van der Waals surface area (Å²) in [5.41, 5.74) is 6.25. The summed E-state index contributed by atoms with van der Waals surface area (Å²) in [7, 11) is 0. The zero-order valence-corrected chi connectivity index (χ0v) is 7.66. The van der Waals surface area contributed by atoms with Gasteiger partial charge in [0.2, 0.25) is 5.91 Å². The molecule has 1 atom stereocenters. The van der Waals surface area contributed by atoms with Gasteiger partial charge in [-0.05, 0) is 12.5 Å². The Morgan fingerprint density at radius 3 is 2.62 bits per heavy atom. The van der Waals surface area contributed by atoms with Crippen LogP contribution in [0.3, 0.4) is 0 Å². The van der Waals surface area contributed by atoms with Crippen LogP contribution in [0.2, 0.25) is 0 Å². The van der Waals surface area contributed by atoms with E-state index < -0.39 is 0 Å². The molecule has 0 aromatic heterocycles. The van der Waals surface area contributed by atoms with Gasteiger partial charge in [0.15, 0.2) is 0 Å². The van der Waals surface area contributed by atoms with Gasteiger partial charge in [-0.25, -0.2) is 0 Å². The quantitative estimate of drug-likeness (QED) is 0.711. The van der Waals surface area contributed by atoms with E-state index in [1.807, 2.05) is 30.3 Å². The number of carbonyl (C=O) groups excluding carboxylic acids is 1. The third-order valence-electron chi connectivity index (χ3n) is 1.88. The topological polar surface area (TPSA) is 55.1 Å². The largest absolute Gasteiger partial charge is 0.368 e. The molecular formula is C10H14N2O. The third-order valence-corrected chi connectivity index (χ3v) is 1.88. The first-order chi connectivity index (χ1) is 6.20. The van der Waals surface area contributed by atoms with Crippen LogP contribution in [0.4, 0.5) is 0 Å².